The average molecular weight is 483 g/mol. The summed E-state index contributed by atoms with van der Waals surface area (Å²) in [4.78, 5) is 11.7. The Labute approximate surface area is 179 Å². The standard InChI is InChI=1S/C19H19F6N3O3S/c20-18(21,22)12-2-1-3-14(8-12)32(30,31)10-11-4-6-13(7-5-11)26-17(29)15-9-16(28-27-15)19(23,24)25/h1-3,8-9,11,13H,4-7,10H2,(H,26,29)(H,27,28). The van der Waals surface area contributed by atoms with Crippen LogP contribution in [-0.2, 0) is 22.2 Å². The maximum atomic E-state index is 12.9. The van der Waals surface area contributed by atoms with Crippen molar-refractivity contribution in [1.82, 2.24) is 15.5 Å². The normalized spacial score (nSPS) is 20.2. The van der Waals surface area contributed by atoms with E-state index >= 15 is 0 Å². The third-order valence-electron chi connectivity index (χ3n) is 5.27. The molecule has 176 valence electrons. The first kappa shape index (κ1) is 24.1. The molecule has 0 bridgehead atoms. The molecule has 1 aromatic carbocycles. The van der Waals surface area contributed by atoms with E-state index < -0.39 is 49.9 Å². The van der Waals surface area contributed by atoms with Crippen LogP contribution in [0.2, 0.25) is 0 Å². The van der Waals surface area contributed by atoms with Gasteiger partial charge in [-0.1, -0.05) is 6.07 Å². The summed E-state index contributed by atoms with van der Waals surface area (Å²) < 4.78 is 101. The van der Waals surface area contributed by atoms with E-state index in [1.54, 1.807) is 5.10 Å². The van der Waals surface area contributed by atoms with Gasteiger partial charge in [-0.25, -0.2) is 8.42 Å². The van der Waals surface area contributed by atoms with E-state index in [1.165, 1.54) is 0 Å². The van der Waals surface area contributed by atoms with Gasteiger partial charge in [-0.05, 0) is 49.8 Å². The summed E-state index contributed by atoms with van der Waals surface area (Å²) in [7, 11) is -3.95. The molecule has 0 unspecified atom stereocenters. The number of aromatic nitrogens is 2. The Bertz CT molecular complexity index is 1070. The number of benzene rings is 1. The van der Waals surface area contributed by atoms with Gasteiger partial charge in [0.15, 0.2) is 15.5 Å². The zero-order valence-electron chi connectivity index (χ0n) is 16.4. The van der Waals surface area contributed by atoms with Crippen LogP contribution in [0.3, 0.4) is 0 Å². The lowest BCUT2D eigenvalue weighted by Crippen LogP contribution is -2.38. The van der Waals surface area contributed by atoms with E-state index in [-0.39, 0.29) is 17.7 Å². The van der Waals surface area contributed by atoms with Crippen molar-refractivity contribution in [3.05, 3.63) is 47.3 Å². The second-order valence-electron chi connectivity index (χ2n) is 7.66. The molecule has 1 aromatic heterocycles. The van der Waals surface area contributed by atoms with Gasteiger partial charge in [0.25, 0.3) is 5.91 Å². The second kappa shape index (κ2) is 8.75. The Morgan fingerprint density at radius 1 is 1.03 bits per heavy atom. The summed E-state index contributed by atoms with van der Waals surface area (Å²) in [6, 6.07) is 3.80. The molecule has 1 fully saturated rings. The number of aromatic amines is 1. The molecule has 0 radical (unpaired) electrons. The molecule has 0 saturated heterocycles. The number of nitrogens with one attached hydrogen (secondary N) is 2. The Balaban J connectivity index is 1.56. The van der Waals surface area contributed by atoms with Gasteiger partial charge in [-0.15, -0.1) is 0 Å². The summed E-state index contributed by atoms with van der Waals surface area (Å²) in [5.74, 6) is -1.43. The van der Waals surface area contributed by atoms with Gasteiger partial charge in [-0.3, -0.25) is 9.89 Å². The van der Waals surface area contributed by atoms with Gasteiger partial charge in [0.2, 0.25) is 0 Å². The van der Waals surface area contributed by atoms with E-state index in [2.05, 4.69) is 10.4 Å². The molecule has 1 saturated carbocycles. The molecular formula is C19H19F6N3O3S. The fraction of sp³-hybridized carbons (Fsp3) is 0.474. The first-order valence-electron chi connectivity index (χ1n) is 9.59. The predicted molar refractivity (Wildman–Crippen MR) is 100 cm³/mol. The molecule has 1 heterocycles. The first-order valence-corrected chi connectivity index (χ1v) is 11.2. The number of sulfone groups is 1. The molecule has 1 amide bonds. The van der Waals surface area contributed by atoms with Crippen LogP contribution >= 0.6 is 0 Å². The van der Waals surface area contributed by atoms with E-state index in [0.717, 1.165) is 18.2 Å². The van der Waals surface area contributed by atoms with Crippen LogP contribution in [0.15, 0.2) is 35.2 Å². The molecule has 0 atom stereocenters. The maximum Gasteiger partial charge on any atom is 0.432 e. The van der Waals surface area contributed by atoms with Gasteiger partial charge in [-0.2, -0.15) is 31.4 Å². The van der Waals surface area contributed by atoms with Crippen LogP contribution in [-0.4, -0.2) is 36.3 Å². The highest BCUT2D eigenvalue weighted by Crippen LogP contribution is 2.32. The van der Waals surface area contributed by atoms with Gasteiger partial charge < -0.3 is 5.32 Å². The van der Waals surface area contributed by atoms with Gasteiger partial charge in [0, 0.05) is 12.1 Å². The number of amides is 1. The lowest BCUT2D eigenvalue weighted by molar-refractivity contribution is -0.141. The van der Waals surface area contributed by atoms with Crippen molar-refractivity contribution in [3.63, 3.8) is 0 Å². The Kier molecular flexibility index (Phi) is 6.59. The predicted octanol–water partition coefficient (Wildman–Crippen LogP) is 4.21. The summed E-state index contributed by atoms with van der Waals surface area (Å²) >= 11 is 0. The number of hydrogen-bond acceptors (Lipinski definition) is 4. The summed E-state index contributed by atoms with van der Waals surface area (Å²) in [6.07, 6.45) is -7.78. The first-order chi connectivity index (χ1) is 14.8. The highest BCUT2D eigenvalue weighted by Gasteiger charge is 2.35. The van der Waals surface area contributed by atoms with Crippen LogP contribution in [0.4, 0.5) is 26.3 Å². The zero-order valence-corrected chi connectivity index (χ0v) is 17.2. The van der Waals surface area contributed by atoms with E-state index in [0.29, 0.717) is 37.8 Å². The van der Waals surface area contributed by atoms with Gasteiger partial charge >= 0.3 is 12.4 Å². The molecule has 3 rings (SSSR count). The molecule has 13 heteroatoms. The molecular weight excluding hydrogens is 464 g/mol. The highest BCUT2D eigenvalue weighted by atomic mass is 32.2. The van der Waals surface area contributed by atoms with Gasteiger partial charge in [0.1, 0.15) is 5.69 Å². The number of carbonyl (C=O) groups excluding carboxylic acids is 1. The number of alkyl halides is 6. The Morgan fingerprint density at radius 2 is 1.69 bits per heavy atom. The Morgan fingerprint density at radius 3 is 2.25 bits per heavy atom. The minimum atomic E-state index is -4.66. The number of halogens is 6. The van der Waals surface area contributed by atoms with E-state index in [4.69, 9.17) is 0 Å². The lowest BCUT2D eigenvalue weighted by atomic mass is 9.87. The van der Waals surface area contributed by atoms with Crippen molar-refractivity contribution in [2.45, 2.75) is 49.0 Å². The molecule has 2 N–H and O–H groups in total. The van der Waals surface area contributed by atoms with Crippen LogP contribution in [0.5, 0.6) is 0 Å². The van der Waals surface area contributed by atoms with Crippen molar-refractivity contribution >= 4 is 15.7 Å². The highest BCUT2D eigenvalue weighted by molar-refractivity contribution is 7.91. The van der Waals surface area contributed by atoms with Crippen molar-refractivity contribution in [3.8, 4) is 0 Å². The minimum absolute atomic E-state index is 0.315. The maximum absolute atomic E-state index is 12.9. The molecule has 0 aliphatic heterocycles. The third-order valence-corrected chi connectivity index (χ3v) is 7.16. The number of carbonyl (C=O) groups is 1. The molecule has 2 aromatic rings. The second-order valence-corrected chi connectivity index (χ2v) is 9.70. The molecule has 1 aliphatic carbocycles. The van der Waals surface area contributed by atoms with Crippen molar-refractivity contribution in [2.24, 2.45) is 5.92 Å². The third kappa shape index (κ3) is 5.81. The summed E-state index contributed by atoms with van der Waals surface area (Å²) in [5.41, 5.74) is -2.60. The van der Waals surface area contributed by atoms with Crippen molar-refractivity contribution < 1.29 is 39.6 Å². The number of H-pyrrole nitrogens is 1. The Hall–Kier alpha value is -2.57. The largest absolute Gasteiger partial charge is 0.432 e. The fourth-order valence-electron chi connectivity index (χ4n) is 3.59. The van der Waals surface area contributed by atoms with Crippen LogP contribution in [0.1, 0.15) is 47.4 Å². The topological polar surface area (TPSA) is 91.9 Å². The SMILES string of the molecule is O=C(NC1CCC(CS(=O)(=O)c2cccc(C(F)(F)F)c2)CC1)c1cc(C(F)(F)F)[nH]n1. The van der Waals surface area contributed by atoms with Crippen LogP contribution < -0.4 is 5.32 Å². The van der Waals surface area contributed by atoms with Crippen LogP contribution in [0.25, 0.3) is 0 Å². The monoisotopic (exact) mass is 483 g/mol. The van der Waals surface area contributed by atoms with Gasteiger partial charge in [0.05, 0.1) is 16.2 Å². The van der Waals surface area contributed by atoms with Crippen molar-refractivity contribution in [2.75, 3.05) is 5.75 Å². The number of rotatable bonds is 5. The number of hydrogen-bond donors (Lipinski definition) is 2. The van der Waals surface area contributed by atoms with E-state index in [9.17, 15) is 39.6 Å². The summed E-state index contributed by atoms with van der Waals surface area (Å²) in [6.45, 7) is 0. The lowest BCUT2D eigenvalue weighted by Gasteiger charge is -2.28. The quantitative estimate of drug-likeness (QED) is 0.624. The fourth-order valence-corrected chi connectivity index (χ4v) is 5.33. The molecule has 1 aliphatic rings. The molecule has 32 heavy (non-hydrogen) atoms. The van der Waals surface area contributed by atoms with Crippen molar-refractivity contribution in [1.29, 1.82) is 0 Å². The number of nitrogens with zero attached hydrogens (tertiary/aromatic N) is 1. The molecule has 0 spiro atoms. The molecule has 6 nitrogen and oxygen atoms in total. The minimum Gasteiger partial charge on any atom is -0.348 e. The zero-order chi connectivity index (χ0) is 23.7. The smallest absolute Gasteiger partial charge is 0.348 e. The van der Waals surface area contributed by atoms with E-state index in [1.807, 2.05) is 0 Å². The average Bonchev–Trinajstić information content (AvgIpc) is 3.20. The van der Waals surface area contributed by atoms with Crippen LogP contribution in [0, 0.1) is 5.92 Å². The summed E-state index contributed by atoms with van der Waals surface area (Å²) in [5, 5.41) is 7.68.